The fourth-order valence-electron chi connectivity index (χ4n) is 2.50. The molecule has 27 heavy (non-hydrogen) atoms. The molecule has 6 nitrogen and oxygen atoms in total. The van der Waals surface area contributed by atoms with Crippen molar-refractivity contribution in [3.8, 4) is 11.5 Å². The van der Waals surface area contributed by atoms with Gasteiger partial charge >= 0.3 is 5.91 Å². The molecule has 1 amide bonds. The summed E-state index contributed by atoms with van der Waals surface area (Å²) < 4.78 is 17.6. The van der Waals surface area contributed by atoms with E-state index in [1.54, 1.807) is 25.3 Å². The zero-order valence-corrected chi connectivity index (χ0v) is 16.7. The molecule has 140 valence electrons. The molecule has 0 bridgehead atoms. The van der Waals surface area contributed by atoms with Gasteiger partial charge in [-0.15, -0.1) is 0 Å². The highest BCUT2D eigenvalue weighted by molar-refractivity contribution is 9.10. The van der Waals surface area contributed by atoms with Crippen LogP contribution in [0.1, 0.15) is 30.0 Å². The van der Waals surface area contributed by atoms with Crippen LogP contribution in [0.15, 0.2) is 56.5 Å². The number of fused-ring (bicyclic) bond motifs is 1. The Morgan fingerprint density at radius 1 is 1.26 bits per heavy atom. The molecule has 3 rings (SSSR count). The van der Waals surface area contributed by atoms with Crippen molar-refractivity contribution < 1.29 is 18.7 Å². The number of methoxy groups -OCH3 is 1. The summed E-state index contributed by atoms with van der Waals surface area (Å²) in [5, 5.41) is 4.85. The van der Waals surface area contributed by atoms with Crippen LogP contribution >= 0.6 is 15.9 Å². The molecule has 0 aliphatic heterocycles. The van der Waals surface area contributed by atoms with E-state index in [4.69, 9.17) is 13.9 Å². The van der Waals surface area contributed by atoms with Gasteiger partial charge in [0.25, 0.3) is 0 Å². The second kappa shape index (κ2) is 8.26. The SMILES string of the molecule is COc1cccc(/C=N\NC(=O)c2cc3cc(Br)ccc3o2)c1OC(C)C. The lowest BCUT2D eigenvalue weighted by Crippen LogP contribution is -2.17. The van der Waals surface area contributed by atoms with E-state index >= 15 is 0 Å². The Hall–Kier alpha value is -2.80. The molecule has 0 aliphatic carbocycles. The van der Waals surface area contributed by atoms with Crippen molar-refractivity contribution in [3.05, 3.63) is 58.3 Å². The lowest BCUT2D eigenvalue weighted by Gasteiger charge is -2.15. The topological polar surface area (TPSA) is 73.1 Å². The van der Waals surface area contributed by atoms with Crippen LogP contribution in [0.2, 0.25) is 0 Å². The fraction of sp³-hybridized carbons (Fsp3) is 0.200. The lowest BCUT2D eigenvalue weighted by molar-refractivity contribution is 0.0929. The number of carbonyl (C=O) groups is 1. The molecule has 2 aromatic carbocycles. The maximum absolute atomic E-state index is 12.3. The number of hydrogen-bond acceptors (Lipinski definition) is 5. The van der Waals surface area contributed by atoms with Gasteiger partial charge in [0.2, 0.25) is 0 Å². The van der Waals surface area contributed by atoms with Crippen LogP contribution in [0, 0.1) is 0 Å². The van der Waals surface area contributed by atoms with Crippen LogP contribution in [0.4, 0.5) is 0 Å². The van der Waals surface area contributed by atoms with E-state index in [0.717, 1.165) is 9.86 Å². The Labute approximate surface area is 165 Å². The summed E-state index contributed by atoms with van der Waals surface area (Å²) in [6, 6.07) is 12.7. The molecule has 0 unspecified atom stereocenters. The van der Waals surface area contributed by atoms with E-state index in [0.29, 0.717) is 22.6 Å². The van der Waals surface area contributed by atoms with E-state index in [2.05, 4.69) is 26.5 Å². The number of ether oxygens (including phenoxy) is 2. The van der Waals surface area contributed by atoms with Crippen LogP contribution in [-0.2, 0) is 0 Å². The van der Waals surface area contributed by atoms with Crippen LogP contribution in [0.5, 0.6) is 11.5 Å². The minimum Gasteiger partial charge on any atom is -0.493 e. The van der Waals surface area contributed by atoms with Gasteiger partial charge in [0, 0.05) is 15.4 Å². The second-order valence-corrected chi connectivity index (χ2v) is 6.95. The Morgan fingerprint density at radius 3 is 2.81 bits per heavy atom. The fourth-order valence-corrected chi connectivity index (χ4v) is 2.88. The average molecular weight is 431 g/mol. The van der Waals surface area contributed by atoms with Gasteiger partial charge in [-0.3, -0.25) is 4.79 Å². The zero-order chi connectivity index (χ0) is 19.4. The maximum Gasteiger partial charge on any atom is 0.307 e. The van der Waals surface area contributed by atoms with Crippen molar-refractivity contribution in [2.24, 2.45) is 5.10 Å². The highest BCUT2D eigenvalue weighted by Crippen LogP contribution is 2.31. The second-order valence-electron chi connectivity index (χ2n) is 6.04. The van der Waals surface area contributed by atoms with Crippen LogP contribution in [0.25, 0.3) is 11.0 Å². The number of carbonyl (C=O) groups excluding carboxylic acids is 1. The van der Waals surface area contributed by atoms with E-state index in [1.807, 2.05) is 38.1 Å². The summed E-state index contributed by atoms with van der Waals surface area (Å²) in [5.41, 5.74) is 3.79. The Kier molecular flexibility index (Phi) is 5.81. The molecule has 0 radical (unpaired) electrons. The van der Waals surface area contributed by atoms with Crippen molar-refractivity contribution >= 4 is 39.0 Å². The number of amides is 1. The molecule has 1 aromatic heterocycles. The van der Waals surface area contributed by atoms with Gasteiger partial charge in [0.15, 0.2) is 17.3 Å². The first-order valence-electron chi connectivity index (χ1n) is 8.34. The summed E-state index contributed by atoms with van der Waals surface area (Å²) in [6.45, 7) is 3.85. The number of nitrogens with zero attached hydrogens (tertiary/aromatic N) is 1. The molecule has 0 fully saturated rings. The third-order valence-corrected chi connectivity index (χ3v) is 4.15. The number of halogens is 1. The Balaban J connectivity index is 1.77. The molecular formula is C20H19BrN2O4. The highest BCUT2D eigenvalue weighted by Gasteiger charge is 2.13. The van der Waals surface area contributed by atoms with Gasteiger partial charge in [-0.2, -0.15) is 5.10 Å². The number of hydrogen-bond donors (Lipinski definition) is 1. The van der Waals surface area contributed by atoms with Crippen molar-refractivity contribution in [3.63, 3.8) is 0 Å². The van der Waals surface area contributed by atoms with E-state index in [9.17, 15) is 4.79 Å². The lowest BCUT2D eigenvalue weighted by atomic mass is 10.2. The zero-order valence-electron chi connectivity index (χ0n) is 15.2. The number of para-hydroxylation sites is 1. The smallest absolute Gasteiger partial charge is 0.307 e. The van der Waals surface area contributed by atoms with Gasteiger partial charge in [-0.25, -0.2) is 5.43 Å². The first-order chi connectivity index (χ1) is 13.0. The minimum atomic E-state index is -0.437. The Bertz CT molecular complexity index is 995. The predicted molar refractivity (Wildman–Crippen MR) is 108 cm³/mol. The molecule has 1 heterocycles. The molecular weight excluding hydrogens is 412 g/mol. The number of hydrazone groups is 1. The molecule has 0 saturated carbocycles. The first-order valence-corrected chi connectivity index (χ1v) is 9.13. The summed E-state index contributed by atoms with van der Waals surface area (Å²) in [6.07, 6.45) is 1.48. The third-order valence-electron chi connectivity index (χ3n) is 3.65. The molecule has 0 aliphatic rings. The summed E-state index contributed by atoms with van der Waals surface area (Å²) in [7, 11) is 1.57. The third kappa shape index (κ3) is 4.49. The van der Waals surface area contributed by atoms with Gasteiger partial charge in [0.1, 0.15) is 5.58 Å². The van der Waals surface area contributed by atoms with Gasteiger partial charge in [0.05, 0.1) is 19.4 Å². The number of rotatable bonds is 6. The number of benzene rings is 2. The molecule has 3 aromatic rings. The van der Waals surface area contributed by atoms with Crippen molar-refractivity contribution in [2.75, 3.05) is 7.11 Å². The average Bonchev–Trinajstić information content (AvgIpc) is 3.05. The summed E-state index contributed by atoms with van der Waals surface area (Å²) >= 11 is 3.39. The normalized spacial score (nSPS) is 11.3. The van der Waals surface area contributed by atoms with Gasteiger partial charge in [-0.1, -0.05) is 22.0 Å². The summed E-state index contributed by atoms with van der Waals surface area (Å²) in [5.74, 6) is 0.917. The molecule has 0 spiro atoms. The molecule has 7 heteroatoms. The van der Waals surface area contributed by atoms with E-state index < -0.39 is 5.91 Å². The standard InChI is InChI=1S/C20H19BrN2O4/c1-12(2)26-19-13(5-4-6-17(19)25-3)11-22-23-20(24)18-10-14-9-15(21)7-8-16(14)27-18/h4-12H,1-3H3,(H,23,24)/b22-11-. The Morgan fingerprint density at radius 2 is 2.07 bits per heavy atom. The molecule has 0 saturated heterocycles. The summed E-state index contributed by atoms with van der Waals surface area (Å²) in [4.78, 5) is 12.3. The predicted octanol–water partition coefficient (Wildman–Crippen LogP) is 4.76. The monoisotopic (exact) mass is 430 g/mol. The first kappa shape index (κ1) is 19.0. The van der Waals surface area contributed by atoms with Crippen molar-refractivity contribution in [2.45, 2.75) is 20.0 Å². The van der Waals surface area contributed by atoms with Crippen molar-refractivity contribution in [1.82, 2.24) is 5.43 Å². The molecule has 1 N–H and O–H groups in total. The van der Waals surface area contributed by atoms with Crippen molar-refractivity contribution in [1.29, 1.82) is 0 Å². The largest absolute Gasteiger partial charge is 0.493 e. The number of nitrogens with one attached hydrogen (secondary N) is 1. The van der Waals surface area contributed by atoms with E-state index in [1.165, 1.54) is 6.21 Å². The highest BCUT2D eigenvalue weighted by atomic mass is 79.9. The van der Waals surface area contributed by atoms with Crippen LogP contribution in [-0.4, -0.2) is 25.3 Å². The van der Waals surface area contributed by atoms with E-state index in [-0.39, 0.29) is 11.9 Å². The quantitative estimate of drug-likeness (QED) is 0.452. The molecule has 0 atom stereocenters. The maximum atomic E-state index is 12.3. The number of furan rings is 1. The van der Waals surface area contributed by atoms with Crippen LogP contribution < -0.4 is 14.9 Å². The van der Waals surface area contributed by atoms with Gasteiger partial charge in [-0.05, 0) is 50.2 Å². The van der Waals surface area contributed by atoms with Gasteiger partial charge < -0.3 is 13.9 Å². The van der Waals surface area contributed by atoms with Crippen LogP contribution in [0.3, 0.4) is 0 Å². The minimum absolute atomic E-state index is 0.0297.